The predicted molar refractivity (Wildman–Crippen MR) is 87.5 cm³/mol. The fraction of sp³-hybridized carbons (Fsp3) is 0.167. The van der Waals surface area contributed by atoms with Crippen LogP contribution in [-0.2, 0) is 11.2 Å². The quantitative estimate of drug-likeness (QED) is 0.796. The topological polar surface area (TPSA) is 47.6 Å². The van der Waals surface area contributed by atoms with Gasteiger partial charge < -0.3 is 14.8 Å². The highest BCUT2D eigenvalue weighted by atomic mass is 16.5. The Morgan fingerprint density at radius 1 is 1.23 bits per heavy atom. The molecule has 114 valence electrons. The average Bonchev–Trinajstić information content (AvgIpc) is 2.54. The molecule has 0 atom stereocenters. The van der Waals surface area contributed by atoms with Crippen LogP contribution >= 0.6 is 0 Å². The van der Waals surface area contributed by atoms with E-state index in [9.17, 15) is 4.79 Å². The van der Waals surface area contributed by atoms with Crippen LogP contribution in [0.2, 0.25) is 0 Å². The number of hydrogen-bond acceptors (Lipinski definition) is 3. The largest absolute Gasteiger partial charge is 0.497 e. The van der Waals surface area contributed by atoms with Gasteiger partial charge in [-0.25, -0.2) is 0 Å². The van der Waals surface area contributed by atoms with Gasteiger partial charge in [0.25, 0.3) is 5.91 Å². The summed E-state index contributed by atoms with van der Waals surface area (Å²) in [5, 5.41) is 2.77. The van der Waals surface area contributed by atoms with Gasteiger partial charge in [0.05, 0.1) is 7.11 Å². The van der Waals surface area contributed by atoms with Gasteiger partial charge in [-0.15, -0.1) is 6.58 Å². The number of rotatable bonds is 7. The molecule has 0 heterocycles. The maximum Gasteiger partial charge on any atom is 0.262 e. The minimum absolute atomic E-state index is 0.0502. The van der Waals surface area contributed by atoms with E-state index in [1.807, 2.05) is 36.4 Å². The van der Waals surface area contributed by atoms with Crippen molar-refractivity contribution in [1.29, 1.82) is 0 Å². The van der Waals surface area contributed by atoms with Crippen molar-refractivity contribution in [3.05, 3.63) is 66.7 Å². The molecule has 0 bridgehead atoms. The third-order valence-corrected chi connectivity index (χ3v) is 3.05. The third-order valence-electron chi connectivity index (χ3n) is 3.05. The van der Waals surface area contributed by atoms with Gasteiger partial charge in [0.1, 0.15) is 11.5 Å². The molecule has 0 aromatic heterocycles. The van der Waals surface area contributed by atoms with Crippen LogP contribution < -0.4 is 14.8 Å². The molecule has 0 unspecified atom stereocenters. The van der Waals surface area contributed by atoms with Crippen molar-refractivity contribution in [2.24, 2.45) is 0 Å². The van der Waals surface area contributed by atoms with E-state index in [-0.39, 0.29) is 12.5 Å². The first kappa shape index (κ1) is 15.6. The van der Waals surface area contributed by atoms with E-state index in [0.29, 0.717) is 23.6 Å². The van der Waals surface area contributed by atoms with Gasteiger partial charge in [0.15, 0.2) is 6.61 Å². The van der Waals surface area contributed by atoms with Crippen LogP contribution in [0.25, 0.3) is 0 Å². The molecule has 0 aliphatic heterocycles. The van der Waals surface area contributed by atoms with Gasteiger partial charge >= 0.3 is 0 Å². The minimum Gasteiger partial charge on any atom is -0.497 e. The Balaban J connectivity index is 1.94. The number of amides is 1. The Morgan fingerprint density at radius 2 is 2.05 bits per heavy atom. The Hall–Kier alpha value is -2.75. The Morgan fingerprint density at radius 3 is 2.82 bits per heavy atom. The monoisotopic (exact) mass is 297 g/mol. The molecular formula is C18H19NO3. The van der Waals surface area contributed by atoms with E-state index in [0.717, 1.165) is 5.56 Å². The molecule has 0 saturated carbocycles. The van der Waals surface area contributed by atoms with Gasteiger partial charge in [-0.1, -0.05) is 30.3 Å². The highest BCUT2D eigenvalue weighted by Crippen LogP contribution is 2.19. The molecule has 0 aliphatic carbocycles. The molecule has 4 nitrogen and oxygen atoms in total. The van der Waals surface area contributed by atoms with E-state index in [1.165, 1.54) is 0 Å². The standard InChI is InChI=1S/C18H19NO3/c1-3-7-14-8-4-5-11-17(14)22-13-18(20)19-15-9-6-10-16(12-15)21-2/h3-6,8-12H,1,7,13H2,2H3,(H,19,20). The van der Waals surface area contributed by atoms with Crippen molar-refractivity contribution in [1.82, 2.24) is 0 Å². The summed E-state index contributed by atoms with van der Waals surface area (Å²) in [5.74, 6) is 1.17. The van der Waals surface area contributed by atoms with E-state index >= 15 is 0 Å². The number of carbonyl (C=O) groups excluding carboxylic acids is 1. The number of carbonyl (C=O) groups is 1. The highest BCUT2D eigenvalue weighted by Gasteiger charge is 2.07. The van der Waals surface area contributed by atoms with Crippen LogP contribution in [0.3, 0.4) is 0 Å². The third kappa shape index (κ3) is 4.38. The number of nitrogens with one attached hydrogen (secondary N) is 1. The molecule has 0 radical (unpaired) electrons. The molecule has 4 heteroatoms. The molecule has 0 saturated heterocycles. The van der Waals surface area contributed by atoms with E-state index in [1.54, 1.807) is 25.3 Å². The zero-order valence-corrected chi connectivity index (χ0v) is 12.5. The maximum absolute atomic E-state index is 12.0. The normalized spacial score (nSPS) is 9.86. The summed E-state index contributed by atoms with van der Waals surface area (Å²) in [5.41, 5.74) is 1.68. The number of allylic oxidation sites excluding steroid dienone is 1. The number of para-hydroxylation sites is 1. The van der Waals surface area contributed by atoms with E-state index in [4.69, 9.17) is 9.47 Å². The lowest BCUT2D eigenvalue weighted by molar-refractivity contribution is -0.118. The molecule has 1 N–H and O–H groups in total. The number of ether oxygens (including phenoxy) is 2. The predicted octanol–water partition coefficient (Wildman–Crippen LogP) is 3.44. The van der Waals surface area contributed by atoms with E-state index in [2.05, 4.69) is 11.9 Å². The Kier molecular flexibility index (Phi) is 5.60. The molecule has 1 amide bonds. The molecular weight excluding hydrogens is 278 g/mol. The molecule has 2 rings (SSSR count). The summed E-state index contributed by atoms with van der Waals surface area (Å²) in [7, 11) is 1.58. The smallest absolute Gasteiger partial charge is 0.262 e. The van der Waals surface area contributed by atoms with Crippen LogP contribution in [0.4, 0.5) is 5.69 Å². The van der Waals surface area contributed by atoms with Gasteiger partial charge in [-0.05, 0) is 30.2 Å². The van der Waals surface area contributed by atoms with Crippen LogP contribution in [0, 0.1) is 0 Å². The molecule has 0 fully saturated rings. The zero-order valence-electron chi connectivity index (χ0n) is 12.5. The summed E-state index contributed by atoms with van der Waals surface area (Å²) in [4.78, 5) is 12.0. The lowest BCUT2D eigenvalue weighted by Gasteiger charge is -2.11. The van der Waals surface area contributed by atoms with Crippen molar-refractivity contribution in [3.8, 4) is 11.5 Å². The minimum atomic E-state index is -0.221. The Bertz CT molecular complexity index is 652. The summed E-state index contributed by atoms with van der Waals surface area (Å²) >= 11 is 0. The van der Waals surface area contributed by atoms with Crippen molar-refractivity contribution in [3.63, 3.8) is 0 Å². The second-order valence-electron chi connectivity index (χ2n) is 4.67. The molecule has 2 aromatic carbocycles. The van der Waals surface area contributed by atoms with Crippen molar-refractivity contribution in [2.45, 2.75) is 6.42 Å². The number of methoxy groups -OCH3 is 1. The molecule has 2 aromatic rings. The van der Waals surface area contributed by atoms with Crippen LogP contribution in [0.5, 0.6) is 11.5 Å². The van der Waals surface area contributed by atoms with Gasteiger partial charge in [0, 0.05) is 11.8 Å². The lowest BCUT2D eigenvalue weighted by atomic mass is 10.1. The number of hydrogen-bond donors (Lipinski definition) is 1. The summed E-state index contributed by atoms with van der Waals surface area (Å²) in [6, 6.07) is 14.8. The average molecular weight is 297 g/mol. The molecule has 0 aliphatic rings. The van der Waals surface area contributed by atoms with E-state index < -0.39 is 0 Å². The second kappa shape index (κ2) is 7.88. The fourth-order valence-electron chi connectivity index (χ4n) is 2.01. The lowest BCUT2D eigenvalue weighted by Crippen LogP contribution is -2.20. The molecule has 0 spiro atoms. The van der Waals surface area contributed by atoms with Gasteiger partial charge in [0.2, 0.25) is 0 Å². The summed E-state index contributed by atoms with van der Waals surface area (Å²) < 4.78 is 10.7. The first-order valence-electron chi connectivity index (χ1n) is 6.98. The van der Waals surface area contributed by atoms with Crippen LogP contribution in [0.1, 0.15) is 5.56 Å². The number of benzene rings is 2. The Labute approximate surface area is 130 Å². The van der Waals surface area contributed by atoms with Crippen LogP contribution in [0.15, 0.2) is 61.2 Å². The van der Waals surface area contributed by atoms with Crippen molar-refractivity contribution >= 4 is 11.6 Å². The van der Waals surface area contributed by atoms with Gasteiger partial charge in [-0.2, -0.15) is 0 Å². The summed E-state index contributed by atoms with van der Waals surface area (Å²) in [6.45, 7) is 3.67. The summed E-state index contributed by atoms with van der Waals surface area (Å²) in [6.07, 6.45) is 2.51. The first-order chi connectivity index (χ1) is 10.7. The van der Waals surface area contributed by atoms with Crippen LogP contribution in [-0.4, -0.2) is 19.6 Å². The SMILES string of the molecule is C=CCc1ccccc1OCC(=O)Nc1cccc(OC)c1. The second-order valence-corrected chi connectivity index (χ2v) is 4.67. The first-order valence-corrected chi connectivity index (χ1v) is 6.98. The van der Waals surface area contributed by atoms with Gasteiger partial charge in [-0.3, -0.25) is 4.79 Å². The highest BCUT2D eigenvalue weighted by molar-refractivity contribution is 5.92. The fourth-order valence-corrected chi connectivity index (χ4v) is 2.01. The maximum atomic E-state index is 12.0. The molecule has 22 heavy (non-hydrogen) atoms. The van der Waals surface area contributed by atoms with Crippen molar-refractivity contribution < 1.29 is 14.3 Å². The van der Waals surface area contributed by atoms with Crippen molar-refractivity contribution in [2.75, 3.05) is 19.0 Å². The zero-order chi connectivity index (χ0) is 15.8. The number of anilines is 1.